The molecule has 0 bridgehead atoms. The van der Waals surface area contributed by atoms with Gasteiger partial charge in [-0.05, 0) is 36.8 Å². The van der Waals surface area contributed by atoms with Gasteiger partial charge in [0.25, 0.3) is 0 Å². The summed E-state index contributed by atoms with van der Waals surface area (Å²) in [5.74, 6) is 0.244. The van der Waals surface area contributed by atoms with Crippen LogP contribution in [0.5, 0.6) is 5.75 Å². The van der Waals surface area contributed by atoms with Gasteiger partial charge in [-0.1, -0.05) is 0 Å². The van der Waals surface area contributed by atoms with E-state index >= 15 is 0 Å². The largest absolute Gasteiger partial charge is 0.508 e. The number of pyridine rings is 1. The Labute approximate surface area is 116 Å². The number of hydrogen-bond acceptors (Lipinski definition) is 4. The lowest BCUT2D eigenvalue weighted by atomic mass is 10.1. The third-order valence-corrected chi connectivity index (χ3v) is 3.21. The van der Waals surface area contributed by atoms with Crippen molar-refractivity contribution in [3.05, 3.63) is 54.7 Å². The minimum Gasteiger partial charge on any atom is -0.508 e. The summed E-state index contributed by atoms with van der Waals surface area (Å²) in [6.07, 6.45) is 6.85. The fraction of sp³-hybridized carbons (Fsp3) is 0.0667. The molecule has 0 atom stereocenters. The lowest BCUT2D eigenvalue weighted by molar-refractivity contribution is 0.475. The zero-order valence-corrected chi connectivity index (χ0v) is 11.0. The summed E-state index contributed by atoms with van der Waals surface area (Å²) in [4.78, 5) is 8.31. The SMILES string of the molecule is Cc1cc(O)ccc1-n1cncc1-c1cnccc1N. The third kappa shape index (κ3) is 1.99. The lowest BCUT2D eigenvalue weighted by Gasteiger charge is -2.12. The second-order valence-corrected chi connectivity index (χ2v) is 4.58. The van der Waals surface area contributed by atoms with Gasteiger partial charge >= 0.3 is 0 Å². The molecule has 0 fully saturated rings. The number of benzene rings is 1. The number of nitrogen functional groups attached to an aromatic ring is 1. The molecule has 0 spiro atoms. The van der Waals surface area contributed by atoms with Gasteiger partial charge in [-0.3, -0.25) is 9.55 Å². The number of phenolic OH excluding ortho intramolecular Hbond substituents is 1. The summed E-state index contributed by atoms with van der Waals surface area (Å²) in [5.41, 5.74) is 10.2. The molecule has 20 heavy (non-hydrogen) atoms. The number of aromatic nitrogens is 3. The highest BCUT2D eigenvalue weighted by Gasteiger charge is 2.11. The van der Waals surface area contributed by atoms with E-state index in [-0.39, 0.29) is 5.75 Å². The van der Waals surface area contributed by atoms with Gasteiger partial charge in [0.1, 0.15) is 5.75 Å². The molecule has 0 amide bonds. The molecule has 0 saturated heterocycles. The predicted molar refractivity (Wildman–Crippen MR) is 77.6 cm³/mol. The van der Waals surface area contributed by atoms with Crippen molar-refractivity contribution in [3.8, 4) is 22.7 Å². The number of nitrogens with zero attached hydrogens (tertiary/aromatic N) is 3. The van der Waals surface area contributed by atoms with Crippen LogP contribution in [0.25, 0.3) is 16.9 Å². The molecule has 5 heteroatoms. The molecule has 0 saturated carbocycles. The Hall–Kier alpha value is -2.82. The number of aromatic hydroxyl groups is 1. The number of phenols is 1. The molecule has 1 aromatic carbocycles. The summed E-state index contributed by atoms with van der Waals surface area (Å²) < 4.78 is 1.93. The van der Waals surface area contributed by atoms with Crippen molar-refractivity contribution < 1.29 is 5.11 Å². The van der Waals surface area contributed by atoms with Gasteiger partial charge in [-0.15, -0.1) is 0 Å². The number of aryl methyl sites for hydroxylation is 1. The van der Waals surface area contributed by atoms with E-state index in [4.69, 9.17) is 5.73 Å². The summed E-state index contributed by atoms with van der Waals surface area (Å²) in [6, 6.07) is 6.98. The Morgan fingerprint density at radius 3 is 2.75 bits per heavy atom. The van der Waals surface area contributed by atoms with E-state index < -0.39 is 0 Å². The minimum absolute atomic E-state index is 0.244. The van der Waals surface area contributed by atoms with Gasteiger partial charge in [-0.25, -0.2) is 4.98 Å². The van der Waals surface area contributed by atoms with E-state index in [0.717, 1.165) is 22.5 Å². The Morgan fingerprint density at radius 1 is 1.15 bits per heavy atom. The first-order valence-electron chi connectivity index (χ1n) is 6.19. The van der Waals surface area contributed by atoms with Crippen molar-refractivity contribution in [1.82, 2.24) is 14.5 Å². The van der Waals surface area contributed by atoms with Gasteiger partial charge < -0.3 is 10.8 Å². The fourth-order valence-corrected chi connectivity index (χ4v) is 2.22. The zero-order valence-electron chi connectivity index (χ0n) is 11.0. The molecular weight excluding hydrogens is 252 g/mol. The molecule has 0 aliphatic carbocycles. The standard InChI is InChI=1S/C15H14N4O/c1-10-6-11(20)2-3-14(10)19-9-18-8-15(19)12-7-17-5-4-13(12)16/h2-9,20H,1H3,(H2,16,17). The highest BCUT2D eigenvalue weighted by atomic mass is 16.3. The average molecular weight is 266 g/mol. The Kier molecular flexibility index (Phi) is 2.87. The normalized spacial score (nSPS) is 10.7. The van der Waals surface area contributed by atoms with Crippen LogP contribution in [0.2, 0.25) is 0 Å². The van der Waals surface area contributed by atoms with Crippen LogP contribution >= 0.6 is 0 Å². The van der Waals surface area contributed by atoms with Crippen molar-refractivity contribution in [2.45, 2.75) is 6.92 Å². The second-order valence-electron chi connectivity index (χ2n) is 4.58. The van der Waals surface area contributed by atoms with Crippen molar-refractivity contribution in [1.29, 1.82) is 0 Å². The average Bonchev–Trinajstić information content (AvgIpc) is 2.88. The smallest absolute Gasteiger partial charge is 0.115 e. The molecule has 3 aromatic rings. The number of nitrogens with two attached hydrogens (primary N) is 1. The quantitative estimate of drug-likeness (QED) is 0.747. The van der Waals surface area contributed by atoms with Gasteiger partial charge in [-0.2, -0.15) is 0 Å². The maximum absolute atomic E-state index is 9.51. The topological polar surface area (TPSA) is 77.0 Å². The van der Waals surface area contributed by atoms with E-state index in [1.165, 1.54) is 0 Å². The number of hydrogen-bond donors (Lipinski definition) is 2. The van der Waals surface area contributed by atoms with E-state index in [0.29, 0.717) is 5.69 Å². The van der Waals surface area contributed by atoms with Crippen LogP contribution < -0.4 is 5.73 Å². The van der Waals surface area contributed by atoms with Gasteiger partial charge in [0.2, 0.25) is 0 Å². The zero-order chi connectivity index (χ0) is 14.1. The van der Waals surface area contributed by atoms with Crippen LogP contribution in [0.15, 0.2) is 49.2 Å². The van der Waals surface area contributed by atoms with Crippen LogP contribution in [0.1, 0.15) is 5.56 Å². The Bertz CT molecular complexity index is 764. The first-order valence-corrected chi connectivity index (χ1v) is 6.19. The molecule has 3 N–H and O–H groups in total. The molecular formula is C15H14N4O. The first-order chi connectivity index (χ1) is 9.66. The molecule has 3 rings (SSSR count). The first kappa shape index (κ1) is 12.2. The molecule has 0 unspecified atom stereocenters. The molecule has 100 valence electrons. The third-order valence-electron chi connectivity index (χ3n) is 3.21. The highest BCUT2D eigenvalue weighted by molar-refractivity contribution is 5.74. The van der Waals surface area contributed by atoms with Crippen LogP contribution in [0.4, 0.5) is 5.69 Å². The van der Waals surface area contributed by atoms with Crippen molar-refractivity contribution in [3.63, 3.8) is 0 Å². The maximum Gasteiger partial charge on any atom is 0.115 e. The molecule has 0 aliphatic heterocycles. The Balaban J connectivity index is 2.18. The van der Waals surface area contributed by atoms with E-state index in [9.17, 15) is 5.11 Å². The molecule has 2 heterocycles. The van der Waals surface area contributed by atoms with Crippen LogP contribution in [0, 0.1) is 6.92 Å². The molecule has 0 radical (unpaired) electrons. The van der Waals surface area contributed by atoms with E-state index in [1.807, 2.05) is 17.6 Å². The maximum atomic E-state index is 9.51. The molecule has 2 aromatic heterocycles. The van der Waals surface area contributed by atoms with Crippen molar-refractivity contribution >= 4 is 5.69 Å². The monoisotopic (exact) mass is 266 g/mol. The minimum atomic E-state index is 0.244. The van der Waals surface area contributed by atoms with Gasteiger partial charge in [0, 0.05) is 23.6 Å². The van der Waals surface area contributed by atoms with E-state index in [2.05, 4.69) is 9.97 Å². The number of imidazole rings is 1. The summed E-state index contributed by atoms with van der Waals surface area (Å²) in [5, 5.41) is 9.51. The van der Waals surface area contributed by atoms with Crippen molar-refractivity contribution in [2.24, 2.45) is 0 Å². The van der Waals surface area contributed by atoms with Crippen molar-refractivity contribution in [2.75, 3.05) is 5.73 Å². The summed E-state index contributed by atoms with van der Waals surface area (Å²) in [7, 11) is 0. The van der Waals surface area contributed by atoms with Gasteiger partial charge in [0.05, 0.1) is 23.9 Å². The van der Waals surface area contributed by atoms with Crippen LogP contribution in [-0.2, 0) is 0 Å². The van der Waals surface area contributed by atoms with E-state index in [1.54, 1.807) is 43.1 Å². The van der Waals surface area contributed by atoms with Crippen LogP contribution in [-0.4, -0.2) is 19.6 Å². The molecule has 0 aliphatic rings. The second kappa shape index (κ2) is 4.70. The Morgan fingerprint density at radius 2 is 2.00 bits per heavy atom. The highest BCUT2D eigenvalue weighted by Crippen LogP contribution is 2.28. The summed E-state index contributed by atoms with van der Waals surface area (Å²) in [6.45, 7) is 1.94. The number of rotatable bonds is 2. The lowest BCUT2D eigenvalue weighted by Crippen LogP contribution is -2.00. The number of anilines is 1. The summed E-state index contributed by atoms with van der Waals surface area (Å²) >= 11 is 0. The van der Waals surface area contributed by atoms with Gasteiger partial charge in [0.15, 0.2) is 0 Å². The molecule has 5 nitrogen and oxygen atoms in total. The fourth-order valence-electron chi connectivity index (χ4n) is 2.22. The van der Waals surface area contributed by atoms with Crippen LogP contribution in [0.3, 0.4) is 0 Å². The predicted octanol–water partition coefficient (Wildman–Crippen LogP) is 2.53.